The lowest BCUT2D eigenvalue weighted by Gasteiger charge is -2.13. The van der Waals surface area contributed by atoms with Crippen LogP contribution in [0.15, 0.2) is 30.3 Å². The quantitative estimate of drug-likeness (QED) is 0.664. The van der Waals surface area contributed by atoms with E-state index < -0.39 is 0 Å². The minimum absolute atomic E-state index is 0.278. The molecule has 8 heteroatoms. The highest BCUT2D eigenvalue weighted by Crippen LogP contribution is 2.31. The summed E-state index contributed by atoms with van der Waals surface area (Å²) in [5.41, 5.74) is 1.37. The summed E-state index contributed by atoms with van der Waals surface area (Å²) in [7, 11) is 4.65. The Labute approximate surface area is 163 Å². The number of benzene rings is 2. The number of nitrogens with one attached hydrogen (secondary N) is 2. The maximum atomic E-state index is 12.1. The van der Waals surface area contributed by atoms with Crippen LogP contribution in [0.4, 0.5) is 10.5 Å². The van der Waals surface area contributed by atoms with Crippen LogP contribution >= 0.6 is 11.6 Å². The Morgan fingerprint density at radius 3 is 2.19 bits per heavy atom. The Balaban J connectivity index is 1.86. The second-order valence-electron chi connectivity index (χ2n) is 5.58. The number of carbonyl (C=O) groups is 1. The molecule has 0 saturated carbocycles. The van der Waals surface area contributed by atoms with E-state index in [2.05, 4.69) is 10.6 Å². The molecular weight excluding hydrogens is 372 g/mol. The highest BCUT2D eigenvalue weighted by Gasteiger charge is 2.10. The molecule has 0 aromatic heterocycles. The number of amides is 2. The van der Waals surface area contributed by atoms with Crippen LogP contribution in [0.2, 0.25) is 5.02 Å². The first-order valence-corrected chi connectivity index (χ1v) is 8.59. The third kappa shape index (κ3) is 5.86. The normalized spacial score (nSPS) is 10.1. The Hall–Kier alpha value is -2.80. The SMILES string of the molecule is COc1cc(OC)cc(OCCNC(=O)Nc2cc(C)c(Cl)cc2OC)c1. The van der Waals surface area contributed by atoms with E-state index in [1.165, 1.54) is 7.11 Å². The van der Waals surface area contributed by atoms with E-state index in [-0.39, 0.29) is 12.6 Å². The number of urea groups is 1. The van der Waals surface area contributed by atoms with E-state index in [9.17, 15) is 4.79 Å². The van der Waals surface area contributed by atoms with E-state index >= 15 is 0 Å². The predicted octanol–water partition coefficient (Wildman–Crippen LogP) is 3.87. The molecule has 0 fully saturated rings. The molecule has 0 unspecified atom stereocenters. The summed E-state index contributed by atoms with van der Waals surface area (Å²) in [5, 5.41) is 6.02. The van der Waals surface area contributed by atoms with E-state index in [0.717, 1.165) is 5.56 Å². The number of aryl methyl sites for hydroxylation is 1. The van der Waals surface area contributed by atoms with Crippen molar-refractivity contribution in [2.24, 2.45) is 0 Å². The van der Waals surface area contributed by atoms with E-state index in [0.29, 0.717) is 40.3 Å². The Morgan fingerprint density at radius 2 is 1.59 bits per heavy atom. The molecule has 0 saturated heterocycles. The minimum Gasteiger partial charge on any atom is -0.496 e. The van der Waals surface area contributed by atoms with Gasteiger partial charge in [0, 0.05) is 29.3 Å². The van der Waals surface area contributed by atoms with Crippen LogP contribution < -0.4 is 29.6 Å². The van der Waals surface area contributed by atoms with Gasteiger partial charge in [0.1, 0.15) is 29.6 Å². The largest absolute Gasteiger partial charge is 0.496 e. The van der Waals surface area contributed by atoms with Crippen molar-refractivity contribution in [2.45, 2.75) is 6.92 Å². The standard InChI is InChI=1S/C19H23ClN2O5/c1-12-7-17(18(26-4)11-16(12)20)22-19(23)21-5-6-27-15-9-13(24-2)8-14(10-15)25-3/h7-11H,5-6H2,1-4H3,(H2,21,22,23). The number of carbonyl (C=O) groups excluding carboxylic acids is 1. The number of hydrogen-bond donors (Lipinski definition) is 2. The zero-order valence-electron chi connectivity index (χ0n) is 15.7. The lowest BCUT2D eigenvalue weighted by atomic mass is 10.2. The van der Waals surface area contributed by atoms with Crippen LogP contribution in [0.25, 0.3) is 0 Å². The molecule has 2 rings (SSSR count). The molecule has 2 aromatic carbocycles. The predicted molar refractivity (Wildman–Crippen MR) is 105 cm³/mol. The molecule has 0 aliphatic rings. The molecule has 0 heterocycles. The zero-order chi connectivity index (χ0) is 19.8. The molecule has 0 aliphatic carbocycles. The van der Waals surface area contributed by atoms with Gasteiger partial charge in [0.25, 0.3) is 0 Å². The lowest BCUT2D eigenvalue weighted by molar-refractivity contribution is 0.247. The number of methoxy groups -OCH3 is 3. The number of hydrogen-bond acceptors (Lipinski definition) is 5. The molecule has 0 bridgehead atoms. The first kappa shape index (κ1) is 20.5. The third-order valence-electron chi connectivity index (χ3n) is 3.71. The van der Waals surface area contributed by atoms with Crippen LogP contribution in [-0.4, -0.2) is 40.5 Å². The summed E-state index contributed by atoms with van der Waals surface area (Å²) >= 11 is 6.06. The van der Waals surface area contributed by atoms with Crippen LogP contribution in [0, 0.1) is 6.92 Å². The average Bonchev–Trinajstić information content (AvgIpc) is 2.67. The Morgan fingerprint density at radius 1 is 0.963 bits per heavy atom. The van der Waals surface area contributed by atoms with Gasteiger partial charge in [0.15, 0.2) is 0 Å². The van der Waals surface area contributed by atoms with Crippen LogP contribution in [-0.2, 0) is 0 Å². The topological polar surface area (TPSA) is 78.0 Å². The van der Waals surface area contributed by atoms with Crippen LogP contribution in [0.1, 0.15) is 5.56 Å². The summed E-state index contributed by atoms with van der Waals surface area (Å²) in [6, 6.07) is 8.27. The van der Waals surface area contributed by atoms with Gasteiger partial charge in [0.2, 0.25) is 0 Å². The van der Waals surface area contributed by atoms with Crippen molar-refractivity contribution in [3.8, 4) is 23.0 Å². The van der Waals surface area contributed by atoms with Crippen molar-refractivity contribution in [3.63, 3.8) is 0 Å². The molecule has 0 atom stereocenters. The first-order chi connectivity index (χ1) is 13.0. The molecule has 2 N–H and O–H groups in total. The highest BCUT2D eigenvalue weighted by molar-refractivity contribution is 6.31. The monoisotopic (exact) mass is 394 g/mol. The van der Waals surface area contributed by atoms with E-state index in [4.69, 9.17) is 30.5 Å². The summed E-state index contributed by atoms with van der Waals surface area (Å²) in [5.74, 6) is 2.32. The number of ether oxygens (including phenoxy) is 4. The van der Waals surface area contributed by atoms with Gasteiger partial charge in [-0.25, -0.2) is 4.79 Å². The van der Waals surface area contributed by atoms with Crippen LogP contribution in [0.3, 0.4) is 0 Å². The molecule has 146 valence electrons. The Kier molecular flexibility index (Phi) is 7.43. The van der Waals surface area contributed by atoms with Gasteiger partial charge in [-0.05, 0) is 18.6 Å². The molecule has 2 amide bonds. The fourth-order valence-corrected chi connectivity index (χ4v) is 2.45. The van der Waals surface area contributed by atoms with Crippen molar-refractivity contribution < 1.29 is 23.7 Å². The maximum absolute atomic E-state index is 12.1. The molecule has 2 aromatic rings. The van der Waals surface area contributed by atoms with Gasteiger partial charge >= 0.3 is 6.03 Å². The van der Waals surface area contributed by atoms with Crippen molar-refractivity contribution in [3.05, 3.63) is 40.9 Å². The summed E-state index contributed by atoms with van der Waals surface area (Å²) in [6.07, 6.45) is 0. The van der Waals surface area contributed by atoms with Crippen molar-refractivity contribution in [1.29, 1.82) is 0 Å². The molecule has 7 nitrogen and oxygen atoms in total. The average molecular weight is 395 g/mol. The molecular formula is C19H23ClN2O5. The van der Waals surface area contributed by atoms with Gasteiger partial charge in [-0.2, -0.15) is 0 Å². The minimum atomic E-state index is -0.373. The van der Waals surface area contributed by atoms with E-state index in [1.54, 1.807) is 44.6 Å². The zero-order valence-corrected chi connectivity index (χ0v) is 16.5. The second-order valence-corrected chi connectivity index (χ2v) is 5.99. The van der Waals surface area contributed by atoms with Crippen LogP contribution in [0.5, 0.6) is 23.0 Å². The summed E-state index contributed by atoms with van der Waals surface area (Å²) in [4.78, 5) is 12.1. The van der Waals surface area contributed by atoms with Gasteiger partial charge in [-0.15, -0.1) is 0 Å². The summed E-state index contributed by atoms with van der Waals surface area (Å²) in [6.45, 7) is 2.43. The number of anilines is 1. The second kappa shape index (κ2) is 9.78. The Bertz CT molecular complexity index is 776. The van der Waals surface area contributed by atoms with Gasteiger partial charge in [-0.3, -0.25) is 0 Å². The van der Waals surface area contributed by atoms with Gasteiger partial charge < -0.3 is 29.6 Å². The molecule has 0 aliphatic heterocycles. The highest BCUT2D eigenvalue weighted by atomic mass is 35.5. The fraction of sp³-hybridized carbons (Fsp3) is 0.316. The maximum Gasteiger partial charge on any atom is 0.319 e. The van der Waals surface area contributed by atoms with Gasteiger partial charge in [0.05, 0.1) is 33.6 Å². The molecule has 27 heavy (non-hydrogen) atoms. The smallest absolute Gasteiger partial charge is 0.319 e. The van der Waals surface area contributed by atoms with Crippen molar-refractivity contribution in [2.75, 3.05) is 39.8 Å². The van der Waals surface area contributed by atoms with Gasteiger partial charge in [-0.1, -0.05) is 11.6 Å². The van der Waals surface area contributed by atoms with Crippen molar-refractivity contribution in [1.82, 2.24) is 5.32 Å². The van der Waals surface area contributed by atoms with E-state index in [1.807, 2.05) is 6.92 Å². The number of rotatable bonds is 8. The third-order valence-corrected chi connectivity index (χ3v) is 4.12. The number of halogens is 1. The lowest BCUT2D eigenvalue weighted by Crippen LogP contribution is -2.32. The van der Waals surface area contributed by atoms with Crippen molar-refractivity contribution >= 4 is 23.3 Å². The summed E-state index contributed by atoms with van der Waals surface area (Å²) < 4.78 is 21.2. The first-order valence-electron chi connectivity index (χ1n) is 8.21. The fourth-order valence-electron chi connectivity index (χ4n) is 2.29. The molecule has 0 radical (unpaired) electrons. The molecule has 0 spiro atoms.